The molecule has 0 saturated heterocycles. The Kier molecular flexibility index (Phi) is 2.62. The van der Waals surface area contributed by atoms with Crippen LogP contribution in [0, 0.1) is 40.4 Å². The third kappa shape index (κ3) is 1.57. The van der Waals surface area contributed by atoms with Gasteiger partial charge in [0.15, 0.2) is 0 Å². The predicted octanol–water partition coefficient (Wildman–Crippen LogP) is 2.71. The summed E-state index contributed by atoms with van der Waals surface area (Å²) in [4.78, 5) is 12.7. The summed E-state index contributed by atoms with van der Waals surface area (Å²) in [5, 5.41) is 21.3. The molecule has 5 aliphatic carbocycles. The number of ketones is 1. The topological polar surface area (TPSA) is 57.5 Å². The van der Waals surface area contributed by atoms with Crippen molar-refractivity contribution in [3.63, 3.8) is 0 Å². The molecule has 0 aromatic rings. The van der Waals surface area contributed by atoms with Crippen LogP contribution in [0.1, 0.15) is 52.4 Å². The van der Waals surface area contributed by atoms with E-state index < -0.39 is 5.60 Å². The third-order valence-corrected chi connectivity index (χ3v) is 8.74. The molecule has 4 fully saturated rings. The number of hydrogen-bond donors (Lipinski definition) is 2. The summed E-state index contributed by atoms with van der Waals surface area (Å²) in [7, 11) is 0. The van der Waals surface area contributed by atoms with Crippen molar-refractivity contribution in [1.82, 2.24) is 0 Å². The second-order valence-corrected chi connectivity index (χ2v) is 9.63. The van der Waals surface area contributed by atoms with Crippen molar-refractivity contribution in [2.24, 2.45) is 40.4 Å². The SMILES string of the molecule is C[C@]12CC[C@H]3[C@H](C=C[C@]4(O)C[C@@H](O)CC[C@]34C)[C@H]1[C@@H]1C[C@H]1C2=O. The fourth-order valence-electron chi connectivity index (χ4n) is 7.28. The molecule has 2 N–H and O–H groups in total. The Labute approximate surface area is 138 Å². The minimum Gasteiger partial charge on any atom is -0.393 e. The van der Waals surface area contributed by atoms with Crippen LogP contribution in [-0.2, 0) is 4.79 Å². The minimum absolute atomic E-state index is 0.112. The highest BCUT2D eigenvalue weighted by atomic mass is 16.3. The fraction of sp³-hybridized carbons (Fsp3) is 0.850. The highest BCUT2D eigenvalue weighted by Crippen LogP contribution is 2.71. The maximum Gasteiger partial charge on any atom is 0.142 e. The number of carbonyl (C=O) groups excluding carboxylic acids is 1. The molecule has 0 amide bonds. The number of carbonyl (C=O) groups is 1. The van der Waals surface area contributed by atoms with E-state index in [1.165, 1.54) is 0 Å². The van der Waals surface area contributed by atoms with Crippen LogP contribution in [0.3, 0.4) is 0 Å². The Morgan fingerprint density at radius 1 is 1.22 bits per heavy atom. The third-order valence-electron chi connectivity index (χ3n) is 8.74. The lowest BCUT2D eigenvalue weighted by Crippen LogP contribution is -2.61. The van der Waals surface area contributed by atoms with E-state index in [1.54, 1.807) is 0 Å². The van der Waals surface area contributed by atoms with Crippen molar-refractivity contribution in [2.75, 3.05) is 0 Å². The van der Waals surface area contributed by atoms with Crippen molar-refractivity contribution in [3.8, 4) is 0 Å². The predicted molar refractivity (Wildman–Crippen MR) is 86.5 cm³/mol. The lowest BCUT2D eigenvalue weighted by Gasteiger charge is -2.61. The average Bonchev–Trinajstić information content (AvgIpc) is 3.23. The van der Waals surface area contributed by atoms with Crippen LogP contribution < -0.4 is 0 Å². The molecule has 0 aliphatic heterocycles. The van der Waals surface area contributed by atoms with E-state index in [0.717, 1.165) is 32.1 Å². The monoisotopic (exact) mass is 316 g/mol. The lowest BCUT2D eigenvalue weighted by molar-refractivity contribution is -0.169. The van der Waals surface area contributed by atoms with E-state index >= 15 is 0 Å². The summed E-state index contributed by atoms with van der Waals surface area (Å²) >= 11 is 0. The zero-order valence-electron chi connectivity index (χ0n) is 14.2. The smallest absolute Gasteiger partial charge is 0.142 e. The number of fused-ring (bicyclic) bond motifs is 7. The summed E-state index contributed by atoms with van der Waals surface area (Å²) in [6, 6.07) is 0. The molecule has 0 spiro atoms. The first-order valence-electron chi connectivity index (χ1n) is 9.44. The van der Waals surface area contributed by atoms with Gasteiger partial charge >= 0.3 is 0 Å². The first kappa shape index (κ1) is 14.7. The number of Topliss-reactive ketones (excluding diaryl/α,β-unsaturated/α-hetero) is 1. The van der Waals surface area contributed by atoms with Gasteiger partial charge in [-0.2, -0.15) is 0 Å². The molecule has 0 heterocycles. The molecule has 0 unspecified atom stereocenters. The molecule has 0 bridgehead atoms. The zero-order valence-corrected chi connectivity index (χ0v) is 14.2. The van der Waals surface area contributed by atoms with Gasteiger partial charge in [-0.15, -0.1) is 0 Å². The number of aliphatic hydroxyl groups is 2. The van der Waals surface area contributed by atoms with Crippen LogP contribution >= 0.6 is 0 Å². The van der Waals surface area contributed by atoms with Crippen molar-refractivity contribution in [2.45, 2.75) is 64.1 Å². The van der Waals surface area contributed by atoms with E-state index in [1.807, 2.05) is 6.08 Å². The molecule has 9 atom stereocenters. The Hall–Kier alpha value is -0.670. The normalized spacial score (nSPS) is 63.0. The standard InChI is InChI=1S/C20H28O3/c1-18-6-5-15-12(16(18)13-9-14(13)17(18)22)4-8-20(23)10-11(21)3-7-19(15,20)2/h4,8,11-16,21,23H,3,5-7,9-10H2,1-2H3/t11-,12-,13+,14+,15-,16-,18-,19+,20-/m0/s1. The Morgan fingerprint density at radius 2 is 2.00 bits per heavy atom. The van der Waals surface area contributed by atoms with Gasteiger partial charge in [0.05, 0.1) is 11.7 Å². The van der Waals surface area contributed by atoms with E-state index in [0.29, 0.717) is 41.8 Å². The van der Waals surface area contributed by atoms with E-state index in [9.17, 15) is 15.0 Å². The molecule has 0 radical (unpaired) electrons. The number of rotatable bonds is 0. The zero-order chi connectivity index (χ0) is 16.2. The molecule has 126 valence electrons. The van der Waals surface area contributed by atoms with Crippen molar-refractivity contribution >= 4 is 5.78 Å². The van der Waals surface area contributed by atoms with Crippen LogP contribution in [0.5, 0.6) is 0 Å². The Balaban J connectivity index is 1.58. The second-order valence-electron chi connectivity index (χ2n) is 9.63. The van der Waals surface area contributed by atoms with Crippen molar-refractivity contribution in [1.29, 1.82) is 0 Å². The van der Waals surface area contributed by atoms with E-state index in [2.05, 4.69) is 19.9 Å². The molecule has 3 heteroatoms. The van der Waals surface area contributed by atoms with Crippen LogP contribution in [0.4, 0.5) is 0 Å². The molecule has 0 aromatic carbocycles. The largest absolute Gasteiger partial charge is 0.393 e. The first-order valence-corrected chi connectivity index (χ1v) is 9.44. The van der Waals surface area contributed by atoms with Gasteiger partial charge in [-0.05, 0) is 55.8 Å². The van der Waals surface area contributed by atoms with Gasteiger partial charge in [0, 0.05) is 23.2 Å². The molecule has 5 aliphatic rings. The number of allylic oxidation sites excluding steroid dienone is 1. The van der Waals surface area contributed by atoms with Gasteiger partial charge in [0.2, 0.25) is 0 Å². The average molecular weight is 316 g/mol. The first-order chi connectivity index (χ1) is 10.8. The van der Waals surface area contributed by atoms with Crippen molar-refractivity contribution < 1.29 is 15.0 Å². The van der Waals surface area contributed by atoms with Gasteiger partial charge in [-0.3, -0.25) is 4.79 Å². The molecule has 4 saturated carbocycles. The van der Waals surface area contributed by atoms with Gasteiger partial charge in [0.25, 0.3) is 0 Å². The summed E-state index contributed by atoms with van der Waals surface area (Å²) < 4.78 is 0. The summed E-state index contributed by atoms with van der Waals surface area (Å²) in [6.07, 6.45) is 9.15. The fourth-order valence-corrected chi connectivity index (χ4v) is 7.28. The lowest BCUT2D eigenvalue weighted by atomic mass is 9.45. The van der Waals surface area contributed by atoms with Crippen LogP contribution in [0.25, 0.3) is 0 Å². The van der Waals surface area contributed by atoms with E-state index in [-0.39, 0.29) is 16.9 Å². The molecular weight excluding hydrogens is 288 g/mol. The molecule has 5 rings (SSSR count). The summed E-state index contributed by atoms with van der Waals surface area (Å²) in [5.41, 5.74) is -1.13. The summed E-state index contributed by atoms with van der Waals surface area (Å²) in [6.45, 7) is 4.45. The molecule has 23 heavy (non-hydrogen) atoms. The molecular formula is C20H28O3. The Morgan fingerprint density at radius 3 is 2.78 bits per heavy atom. The number of aliphatic hydroxyl groups excluding tert-OH is 1. The maximum absolute atomic E-state index is 12.7. The highest BCUT2D eigenvalue weighted by molar-refractivity contribution is 5.92. The van der Waals surface area contributed by atoms with E-state index in [4.69, 9.17) is 0 Å². The quantitative estimate of drug-likeness (QED) is 0.676. The Bertz CT molecular complexity index is 612. The van der Waals surface area contributed by atoms with Crippen molar-refractivity contribution in [3.05, 3.63) is 12.2 Å². The van der Waals surface area contributed by atoms with Crippen LogP contribution in [-0.4, -0.2) is 27.7 Å². The summed E-state index contributed by atoms with van der Waals surface area (Å²) in [5.74, 6) is 2.87. The molecule has 0 aromatic heterocycles. The molecule has 3 nitrogen and oxygen atoms in total. The van der Waals surface area contributed by atoms with Crippen LogP contribution in [0.15, 0.2) is 12.2 Å². The maximum atomic E-state index is 12.7. The minimum atomic E-state index is -0.870. The van der Waals surface area contributed by atoms with Crippen LogP contribution in [0.2, 0.25) is 0 Å². The van der Waals surface area contributed by atoms with Gasteiger partial charge in [0.1, 0.15) is 5.78 Å². The van der Waals surface area contributed by atoms with Gasteiger partial charge < -0.3 is 10.2 Å². The van der Waals surface area contributed by atoms with Gasteiger partial charge in [-0.25, -0.2) is 0 Å². The second kappa shape index (κ2) is 4.11. The highest BCUT2D eigenvalue weighted by Gasteiger charge is 2.71. The number of hydrogen-bond acceptors (Lipinski definition) is 3. The van der Waals surface area contributed by atoms with Gasteiger partial charge in [-0.1, -0.05) is 26.0 Å².